The van der Waals surface area contributed by atoms with Crippen molar-refractivity contribution in [1.29, 1.82) is 0 Å². The molecule has 4 aromatic rings. The summed E-state index contributed by atoms with van der Waals surface area (Å²) in [6.45, 7) is 1.44. The Hall–Kier alpha value is -3.94. The number of para-hydroxylation sites is 1. The van der Waals surface area contributed by atoms with Crippen LogP contribution in [0.25, 0.3) is 16.7 Å². The topological polar surface area (TPSA) is 95.9 Å². The number of carbonyl (C=O) groups excluding carboxylic acids is 1. The zero-order chi connectivity index (χ0) is 20.5. The van der Waals surface area contributed by atoms with E-state index in [1.54, 1.807) is 4.68 Å². The number of amides is 1. The summed E-state index contributed by atoms with van der Waals surface area (Å²) in [5, 5.41) is 7.89. The number of benzene rings is 2. The molecule has 0 atom stereocenters. The van der Waals surface area contributed by atoms with Gasteiger partial charge >= 0.3 is 0 Å². The number of anilines is 2. The molecule has 3 heterocycles. The predicted molar refractivity (Wildman–Crippen MR) is 114 cm³/mol. The van der Waals surface area contributed by atoms with Crippen molar-refractivity contribution in [2.75, 3.05) is 11.9 Å². The van der Waals surface area contributed by atoms with Crippen LogP contribution in [0.2, 0.25) is 0 Å². The number of nitrogens with one attached hydrogen (secondary N) is 2. The molecule has 2 aromatic heterocycles. The van der Waals surface area contributed by atoms with E-state index in [9.17, 15) is 9.59 Å². The van der Waals surface area contributed by atoms with Crippen LogP contribution in [-0.2, 0) is 11.3 Å². The van der Waals surface area contributed by atoms with Gasteiger partial charge in [0.1, 0.15) is 5.39 Å². The molecule has 1 saturated heterocycles. The van der Waals surface area contributed by atoms with Gasteiger partial charge in [0, 0.05) is 25.2 Å². The van der Waals surface area contributed by atoms with Crippen LogP contribution in [0.15, 0.2) is 65.6 Å². The van der Waals surface area contributed by atoms with E-state index in [0.29, 0.717) is 29.9 Å². The quantitative estimate of drug-likeness (QED) is 0.537. The number of hydrogen-bond acceptors (Lipinski definition) is 5. The first-order valence-electron chi connectivity index (χ1n) is 9.84. The van der Waals surface area contributed by atoms with Gasteiger partial charge in [-0.25, -0.2) is 4.68 Å². The molecular weight excluding hydrogens is 380 g/mol. The van der Waals surface area contributed by atoms with E-state index in [1.165, 1.54) is 6.20 Å². The lowest BCUT2D eigenvalue weighted by atomic mass is 10.2. The predicted octanol–water partition coefficient (Wildman–Crippen LogP) is 2.97. The van der Waals surface area contributed by atoms with Crippen molar-refractivity contribution >= 4 is 28.6 Å². The van der Waals surface area contributed by atoms with Crippen molar-refractivity contribution in [2.45, 2.75) is 19.4 Å². The van der Waals surface area contributed by atoms with Crippen molar-refractivity contribution < 1.29 is 4.79 Å². The molecule has 30 heavy (non-hydrogen) atoms. The van der Waals surface area contributed by atoms with E-state index in [2.05, 4.69) is 20.4 Å². The average molecular weight is 400 g/mol. The molecule has 0 spiro atoms. The first-order valence-corrected chi connectivity index (χ1v) is 9.84. The molecule has 2 N–H and O–H groups in total. The second-order valence-corrected chi connectivity index (χ2v) is 7.28. The van der Waals surface area contributed by atoms with Gasteiger partial charge in [0.25, 0.3) is 5.56 Å². The van der Waals surface area contributed by atoms with Gasteiger partial charge in [0.2, 0.25) is 11.9 Å². The Bertz CT molecular complexity index is 1260. The minimum atomic E-state index is -0.256. The molecule has 2 aromatic carbocycles. The highest BCUT2D eigenvalue weighted by atomic mass is 16.2. The van der Waals surface area contributed by atoms with Gasteiger partial charge in [-0.2, -0.15) is 10.1 Å². The number of carbonyl (C=O) groups is 1. The fraction of sp³-hybridized carbons (Fsp3) is 0.182. The number of likely N-dealkylation sites (tertiary alicyclic amines) is 1. The highest BCUT2D eigenvalue weighted by molar-refractivity contribution is 5.78. The third kappa shape index (κ3) is 3.43. The third-order valence-corrected chi connectivity index (χ3v) is 5.20. The number of nitrogens with zero attached hydrogens (tertiary/aromatic N) is 4. The lowest BCUT2D eigenvalue weighted by Crippen LogP contribution is -2.23. The first-order chi connectivity index (χ1) is 14.7. The summed E-state index contributed by atoms with van der Waals surface area (Å²) >= 11 is 0. The average Bonchev–Trinajstić information content (AvgIpc) is 3.37. The first kappa shape index (κ1) is 18.1. The number of H-pyrrole nitrogens is 1. The maximum Gasteiger partial charge on any atom is 0.263 e. The zero-order valence-electron chi connectivity index (χ0n) is 16.2. The SMILES string of the molecule is O=C1CCCN1Cc1ccc(Nc2nc3c(cnn3-c3ccccc3)c(=O)[nH]2)cc1. The molecular formula is C22H20N6O2. The molecule has 8 nitrogen and oxygen atoms in total. The molecule has 8 heteroatoms. The highest BCUT2D eigenvalue weighted by Crippen LogP contribution is 2.19. The van der Waals surface area contributed by atoms with Gasteiger partial charge in [-0.15, -0.1) is 0 Å². The van der Waals surface area contributed by atoms with Crippen LogP contribution in [-0.4, -0.2) is 37.1 Å². The lowest BCUT2D eigenvalue weighted by molar-refractivity contribution is -0.128. The maximum atomic E-state index is 12.5. The number of hydrogen-bond donors (Lipinski definition) is 2. The van der Waals surface area contributed by atoms with Gasteiger partial charge in [-0.1, -0.05) is 30.3 Å². The normalized spacial score (nSPS) is 13.9. The molecule has 1 fully saturated rings. The third-order valence-electron chi connectivity index (χ3n) is 5.20. The van der Waals surface area contributed by atoms with Crippen LogP contribution in [0.5, 0.6) is 0 Å². The standard InChI is InChI=1S/C22H20N6O2/c29-19-7-4-12-27(19)14-15-8-10-16(11-9-15)24-22-25-20-18(21(30)26-22)13-23-28(20)17-5-2-1-3-6-17/h1-3,5-6,8-11,13H,4,7,12,14H2,(H2,24,25,26,30). The molecule has 0 saturated carbocycles. The smallest absolute Gasteiger partial charge is 0.263 e. The summed E-state index contributed by atoms with van der Waals surface area (Å²) in [6, 6.07) is 17.3. The fourth-order valence-corrected chi connectivity index (χ4v) is 3.66. The Morgan fingerprint density at radius 1 is 1.03 bits per heavy atom. The zero-order valence-corrected chi connectivity index (χ0v) is 16.2. The largest absolute Gasteiger partial charge is 0.338 e. The number of rotatable bonds is 5. The summed E-state index contributed by atoms with van der Waals surface area (Å²) in [5.74, 6) is 0.551. The van der Waals surface area contributed by atoms with Gasteiger partial charge in [0.15, 0.2) is 5.65 Å². The van der Waals surface area contributed by atoms with Crippen LogP contribution >= 0.6 is 0 Å². The molecule has 0 bridgehead atoms. The Kier molecular flexibility index (Phi) is 4.51. The Morgan fingerprint density at radius 3 is 2.57 bits per heavy atom. The lowest BCUT2D eigenvalue weighted by Gasteiger charge is -2.15. The van der Waals surface area contributed by atoms with E-state index in [0.717, 1.165) is 29.9 Å². The Labute approximate surface area is 172 Å². The Morgan fingerprint density at radius 2 is 1.83 bits per heavy atom. The summed E-state index contributed by atoms with van der Waals surface area (Å²) in [4.78, 5) is 33.5. The molecule has 0 unspecified atom stereocenters. The maximum absolute atomic E-state index is 12.5. The molecule has 1 amide bonds. The van der Waals surface area contributed by atoms with E-state index in [4.69, 9.17) is 0 Å². The van der Waals surface area contributed by atoms with Crippen LogP contribution in [0.4, 0.5) is 11.6 Å². The number of aromatic nitrogens is 4. The van der Waals surface area contributed by atoms with Crippen LogP contribution in [0, 0.1) is 0 Å². The summed E-state index contributed by atoms with van der Waals surface area (Å²) in [5.41, 5.74) is 2.91. The van der Waals surface area contributed by atoms with Crippen molar-refractivity contribution in [3.8, 4) is 5.69 Å². The fourth-order valence-electron chi connectivity index (χ4n) is 3.66. The minimum Gasteiger partial charge on any atom is -0.338 e. The summed E-state index contributed by atoms with van der Waals surface area (Å²) < 4.78 is 1.64. The molecule has 150 valence electrons. The van der Waals surface area contributed by atoms with Crippen LogP contribution < -0.4 is 10.9 Å². The van der Waals surface area contributed by atoms with Gasteiger partial charge in [0.05, 0.1) is 11.9 Å². The molecule has 5 rings (SSSR count). The van der Waals surface area contributed by atoms with Crippen molar-refractivity contribution in [1.82, 2.24) is 24.6 Å². The van der Waals surface area contributed by atoms with Crippen molar-refractivity contribution in [3.05, 3.63) is 76.7 Å². The number of aromatic amines is 1. The second-order valence-electron chi connectivity index (χ2n) is 7.28. The molecule has 0 aliphatic carbocycles. The van der Waals surface area contributed by atoms with Crippen molar-refractivity contribution in [3.63, 3.8) is 0 Å². The Balaban J connectivity index is 1.40. The van der Waals surface area contributed by atoms with E-state index in [1.807, 2.05) is 59.5 Å². The second kappa shape index (κ2) is 7.47. The van der Waals surface area contributed by atoms with E-state index in [-0.39, 0.29) is 11.5 Å². The summed E-state index contributed by atoms with van der Waals surface area (Å²) in [7, 11) is 0. The van der Waals surface area contributed by atoms with Crippen molar-refractivity contribution in [2.24, 2.45) is 0 Å². The highest BCUT2D eigenvalue weighted by Gasteiger charge is 2.19. The minimum absolute atomic E-state index is 0.210. The summed E-state index contributed by atoms with van der Waals surface area (Å²) in [6.07, 6.45) is 3.09. The van der Waals surface area contributed by atoms with Gasteiger partial charge < -0.3 is 10.2 Å². The molecule has 1 aliphatic rings. The van der Waals surface area contributed by atoms with Crippen LogP contribution in [0.1, 0.15) is 18.4 Å². The van der Waals surface area contributed by atoms with E-state index < -0.39 is 0 Å². The molecule has 1 aliphatic heterocycles. The van der Waals surface area contributed by atoms with Gasteiger partial charge in [-0.05, 0) is 36.2 Å². The number of fused-ring (bicyclic) bond motifs is 1. The molecule has 0 radical (unpaired) electrons. The van der Waals surface area contributed by atoms with Crippen LogP contribution in [0.3, 0.4) is 0 Å². The monoisotopic (exact) mass is 400 g/mol. The van der Waals surface area contributed by atoms with E-state index >= 15 is 0 Å². The van der Waals surface area contributed by atoms with Gasteiger partial charge in [-0.3, -0.25) is 14.6 Å².